The van der Waals surface area contributed by atoms with Gasteiger partial charge >= 0.3 is 6.03 Å². The summed E-state index contributed by atoms with van der Waals surface area (Å²) < 4.78 is 0. The van der Waals surface area contributed by atoms with E-state index in [9.17, 15) is 9.90 Å². The molecule has 1 aromatic heterocycles. The zero-order valence-corrected chi connectivity index (χ0v) is 11.5. The first-order valence-electron chi connectivity index (χ1n) is 6.23. The highest BCUT2D eigenvalue weighted by Crippen LogP contribution is 2.10. The Morgan fingerprint density at radius 3 is 2.74 bits per heavy atom. The lowest BCUT2D eigenvalue weighted by molar-refractivity contribution is 0.0994. The minimum atomic E-state index is -0.654. The summed E-state index contributed by atoms with van der Waals surface area (Å²) in [6.45, 7) is 5.16. The molecule has 6 nitrogen and oxygen atoms in total. The Morgan fingerprint density at radius 2 is 2.21 bits per heavy atom. The number of amides is 2. The molecule has 0 aliphatic carbocycles. The van der Waals surface area contributed by atoms with Gasteiger partial charge in [0.1, 0.15) is 0 Å². The van der Waals surface area contributed by atoms with E-state index in [1.54, 1.807) is 32.2 Å². The smallest absolute Gasteiger partial charge is 0.322 e. The largest absolute Gasteiger partial charge is 0.394 e. The number of hydrogen-bond donors (Lipinski definition) is 3. The molecule has 106 valence electrons. The Bertz CT molecular complexity index is 423. The highest BCUT2D eigenvalue weighted by atomic mass is 16.3. The normalized spacial score (nSPS) is 13.7. The number of carbonyl (C=O) groups excluding carboxylic acids is 1. The molecule has 0 fully saturated rings. The third-order valence-corrected chi connectivity index (χ3v) is 2.67. The van der Waals surface area contributed by atoms with Crippen LogP contribution < -0.4 is 5.32 Å². The zero-order valence-electron chi connectivity index (χ0n) is 11.5. The molecule has 0 aromatic carbocycles. The average molecular weight is 267 g/mol. The Morgan fingerprint density at radius 1 is 1.53 bits per heavy atom. The number of nitrogens with one attached hydrogen (secondary N) is 1. The molecular formula is C13H21N3O3. The van der Waals surface area contributed by atoms with Crippen molar-refractivity contribution >= 4 is 11.7 Å². The number of carbonyl (C=O) groups is 1. The van der Waals surface area contributed by atoms with Crippen molar-refractivity contribution in [3.05, 3.63) is 24.0 Å². The molecule has 0 aliphatic rings. The molecular weight excluding hydrogens is 246 g/mol. The third-order valence-electron chi connectivity index (χ3n) is 2.67. The van der Waals surface area contributed by atoms with Gasteiger partial charge in [-0.15, -0.1) is 0 Å². The van der Waals surface area contributed by atoms with Crippen molar-refractivity contribution in [1.29, 1.82) is 0 Å². The molecule has 1 heterocycles. The van der Waals surface area contributed by atoms with Gasteiger partial charge in [-0.1, -0.05) is 0 Å². The first-order chi connectivity index (χ1) is 8.93. The number of rotatable bonds is 5. The lowest BCUT2D eigenvalue weighted by Crippen LogP contribution is -2.46. The molecule has 0 radical (unpaired) electrons. The molecule has 2 amide bonds. The van der Waals surface area contributed by atoms with E-state index in [-0.39, 0.29) is 25.2 Å². The number of aryl methyl sites for hydroxylation is 1. The predicted molar refractivity (Wildman–Crippen MR) is 72.9 cm³/mol. The predicted octanol–water partition coefficient (Wildman–Crippen LogP) is 0.986. The molecule has 2 atom stereocenters. The summed E-state index contributed by atoms with van der Waals surface area (Å²) in [4.78, 5) is 17.6. The van der Waals surface area contributed by atoms with E-state index in [2.05, 4.69) is 10.3 Å². The van der Waals surface area contributed by atoms with Gasteiger partial charge in [0.25, 0.3) is 0 Å². The van der Waals surface area contributed by atoms with Crippen LogP contribution in [-0.2, 0) is 0 Å². The van der Waals surface area contributed by atoms with Gasteiger partial charge in [-0.3, -0.25) is 4.98 Å². The Hall–Kier alpha value is -1.66. The van der Waals surface area contributed by atoms with E-state index in [0.29, 0.717) is 5.69 Å². The summed E-state index contributed by atoms with van der Waals surface area (Å²) in [5.41, 5.74) is 1.44. The van der Waals surface area contributed by atoms with Crippen LogP contribution in [0.5, 0.6) is 0 Å². The lowest BCUT2D eigenvalue weighted by atomic mass is 10.2. The van der Waals surface area contributed by atoms with Crippen molar-refractivity contribution < 1.29 is 15.0 Å². The van der Waals surface area contributed by atoms with Gasteiger partial charge in [-0.2, -0.15) is 0 Å². The molecule has 0 saturated heterocycles. The first-order valence-corrected chi connectivity index (χ1v) is 6.23. The Balaban J connectivity index is 2.76. The summed E-state index contributed by atoms with van der Waals surface area (Å²) in [5.74, 6) is 0. The Labute approximate surface area is 113 Å². The molecule has 1 aromatic rings. The molecule has 19 heavy (non-hydrogen) atoms. The highest BCUT2D eigenvalue weighted by molar-refractivity contribution is 5.89. The van der Waals surface area contributed by atoms with E-state index < -0.39 is 6.10 Å². The maximum atomic E-state index is 12.1. The topological polar surface area (TPSA) is 85.7 Å². The maximum Gasteiger partial charge on any atom is 0.322 e. The second-order valence-electron chi connectivity index (χ2n) is 4.65. The van der Waals surface area contributed by atoms with Crippen molar-refractivity contribution in [2.24, 2.45) is 0 Å². The van der Waals surface area contributed by atoms with Crippen molar-refractivity contribution in [2.45, 2.75) is 32.9 Å². The van der Waals surface area contributed by atoms with Gasteiger partial charge < -0.3 is 20.4 Å². The van der Waals surface area contributed by atoms with Crippen molar-refractivity contribution in [1.82, 2.24) is 9.88 Å². The van der Waals surface area contributed by atoms with Crippen LogP contribution in [0, 0.1) is 6.92 Å². The van der Waals surface area contributed by atoms with Crippen LogP contribution in [0.1, 0.15) is 19.5 Å². The van der Waals surface area contributed by atoms with E-state index in [1.165, 1.54) is 4.90 Å². The number of nitrogens with zero attached hydrogens (tertiary/aromatic N) is 2. The molecule has 0 aliphatic heterocycles. The Kier molecular flexibility index (Phi) is 5.72. The second kappa shape index (κ2) is 7.06. The van der Waals surface area contributed by atoms with Crippen LogP contribution in [0.4, 0.5) is 10.5 Å². The number of pyridine rings is 1. The number of anilines is 1. The number of hydrogen-bond acceptors (Lipinski definition) is 4. The van der Waals surface area contributed by atoms with Gasteiger partial charge in [0.05, 0.1) is 18.8 Å². The number of aliphatic hydroxyl groups excluding tert-OH is 2. The zero-order chi connectivity index (χ0) is 14.4. The summed E-state index contributed by atoms with van der Waals surface area (Å²) in [7, 11) is 0. The highest BCUT2D eigenvalue weighted by Gasteiger charge is 2.21. The summed E-state index contributed by atoms with van der Waals surface area (Å²) >= 11 is 0. The van der Waals surface area contributed by atoms with Crippen LogP contribution in [0.3, 0.4) is 0 Å². The first kappa shape index (κ1) is 15.4. The fourth-order valence-electron chi connectivity index (χ4n) is 1.66. The molecule has 0 spiro atoms. The summed E-state index contributed by atoms with van der Waals surface area (Å²) in [5, 5.41) is 21.3. The van der Waals surface area contributed by atoms with E-state index in [4.69, 9.17) is 5.11 Å². The summed E-state index contributed by atoms with van der Waals surface area (Å²) in [6, 6.07) is 2.72. The minimum Gasteiger partial charge on any atom is -0.394 e. The molecule has 3 N–H and O–H groups in total. The van der Waals surface area contributed by atoms with Crippen molar-refractivity contribution in [3.63, 3.8) is 0 Å². The van der Waals surface area contributed by atoms with Crippen LogP contribution in [0.15, 0.2) is 18.3 Å². The van der Waals surface area contributed by atoms with Gasteiger partial charge in [0.2, 0.25) is 0 Å². The van der Waals surface area contributed by atoms with Crippen LogP contribution in [0.25, 0.3) is 0 Å². The molecule has 0 bridgehead atoms. The van der Waals surface area contributed by atoms with Crippen LogP contribution in [0.2, 0.25) is 0 Å². The lowest BCUT2D eigenvalue weighted by Gasteiger charge is -2.29. The number of aliphatic hydroxyl groups is 2. The van der Waals surface area contributed by atoms with Gasteiger partial charge in [0, 0.05) is 24.1 Å². The van der Waals surface area contributed by atoms with Gasteiger partial charge in [-0.25, -0.2) is 4.79 Å². The fraction of sp³-hybridized carbons (Fsp3) is 0.538. The minimum absolute atomic E-state index is 0.157. The van der Waals surface area contributed by atoms with Crippen LogP contribution >= 0.6 is 0 Å². The number of aromatic nitrogens is 1. The SMILES string of the molecule is Cc1cc(NC(=O)N(CC(C)O)C(C)CO)ccn1. The van der Waals surface area contributed by atoms with Crippen molar-refractivity contribution in [3.8, 4) is 0 Å². The fourth-order valence-corrected chi connectivity index (χ4v) is 1.66. The molecule has 2 unspecified atom stereocenters. The molecule has 0 saturated carbocycles. The second-order valence-corrected chi connectivity index (χ2v) is 4.65. The third kappa shape index (κ3) is 4.84. The average Bonchev–Trinajstić information content (AvgIpc) is 2.34. The maximum absolute atomic E-state index is 12.1. The standard InChI is InChI=1S/C13H21N3O3/c1-9-6-12(4-5-14-9)15-13(19)16(7-11(3)18)10(2)8-17/h4-6,10-11,17-18H,7-8H2,1-3H3,(H,14,15,19). The molecule has 1 rings (SSSR count). The summed E-state index contributed by atoms with van der Waals surface area (Å²) in [6.07, 6.45) is 0.957. The van der Waals surface area contributed by atoms with Crippen LogP contribution in [-0.4, -0.2) is 51.4 Å². The number of urea groups is 1. The van der Waals surface area contributed by atoms with Gasteiger partial charge in [-0.05, 0) is 32.9 Å². The quantitative estimate of drug-likeness (QED) is 0.742. The van der Waals surface area contributed by atoms with Gasteiger partial charge in [0.15, 0.2) is 0 Å². The molecule has 6 heteroatoms. The van der Waals surface area contributed by atoms with Crippen molar-refractivity contribution in [2.75, 3.05) is 18.5 Å². The van der Waals surface area contributed by atoms with E-state index in [0.717, 1.165) is 5.69 Å². The monoisotopic (exact) mass is 267 g/mol. The van der Waals surface area contributed by atoms with E-state index in [1.807, 2.05) is 6.92 Å². The van der Waals surface area contributed by atoms with E-state index >= 15 is 0 Å².